The summed E-state index contributed by atoms with van der Waals surface area (Å²) in [6, 6.07) is 3.83. The standard InChI is InChI=1S/C14H17BrN2O.ClH/c1-7-5-8(15)6-11(13(7)16)17-14(18)12-9-3-2-4-10(9)12;/h5-6,9-10,12H,2-4,16H2,1H3,(H,17,18);1H. The quantitative estimate of drug-likeness (QED) is 0.802. The van der Waals surface area contributed by atoms with E-state index in [-0.39, 0.29) is 24.2 Å². The van der Waals surface area contributed by atoms with Gasteiger partial charge < -0.3 is 11.1 Å². The molecule has 3 nitrogen and oxygen atoms in total. The van der Waals surface area contributed by atoms with Crippen LogP contribution in [0.1, 0.15) is 24.8 Å². The lowest BCUT2D eigenvalue weighted by molar-refractivity contribution is -0.118. The number of halogens is 2. The highest BCUT2D eigenvalue weighted by atomic mass is 79.9. The molecule has 1 aromatic carbocycles. The highest BCUT2D eigenvalue weighted by molar-refractivity contribution is 9.10. The summed E-state index contributed by atoms with van der Waals surface area (Å²) >= 11 is 3.43. The molecule has 2 fully saturated rings. The normalized spacial score (nSPS) is 27.4. The summed E-state index contributed by atoms with van der Waals surface area (Å²) < 4.78 is 0.945. The van der Waals surface area contributed by atoms with Gasteiger partial charge in [-0.3, -0.25) is 4.79 Å². The summed E-state index contributed by atoms with van der Waals surface area (Å²) in [4.78, 5) is 12.2. The van der Waals surface area contributed by atoms with Crippen molar-refractivity contribution in [2.24, 2.45) is 17.8 Å². The van der Waals surface area contributed by atoms with Crippen LogP contribution in [0.3, 0.4) is 0 Å². The van der Waals surface area contributed by atoms with Crippen molar-refractivity contribution in [3.05, 3.63) is 22.2 Å². The number of amides is 1. The molecule has 0 heterocycles. The lowest BCUT2D eigenvalue weighted by Gasteiger charge is -2.12. The summed E-state index contributed by atoms with van der Waals surface area (Å²) in [6.45, 7) is 1.95. The Morgan fingerprint density at radius 1 is 1.37 bits per heavy atom. The van der Waals surface area contributed by atoms with E-state index in [1.54, 1.807) is 0 Å². The third-order valence-electron chi connectivity index (χ3n) is 4.32. The maximum Gasteiger partial charge on any atom is 0.228 e. The van der Waals surface area contributed by atoms with E-state index in [1.165, 1.54) is 19.3 Å². The lowest BCUT2D eigenvalue weighted by atomic mass is 10.1. The van der Waals surface area contributed by atoms with E-state index in [2.05, 4.69) is 21.2 Å². The van der Waals surface area contributed by atoms with Crippen molar-refractivity contribution in [2.75, 3.05) is 11.1 Å². The average molecular weight is 346 g/mol. The predicted octanol–water partition coefficient (Wildman–Crippen LogP) is 3.75. The van der Waals surface area contributed by atoms with E-state index >= 15 is 0 Å². The second-order valence-electron chi connectivity index (χ2n) is 5.46. The second-order valence-corrected chi connectivity index (χ2v) is 6.37. The number of carbonyl (C=O) groups is 1. The van der Waals surface area contributed by atoms with E-state index in [9.17, 15) is 4.79 Å². The first-order chi connectivity index (χ1) is 8.58. The van der Waals surface area contributed by atoms with Crippen LogP contribution in [0.2, 0.25) is 0 Å². The number of hydrogen-bond donors (Lipinski definition) is 2. The average Bonchev–Trinajstić information content (AvgIpc) is 2.80. The number of anilines is 2. The molecule has 3 rings (SSSR count). The number of nitrogens with two attached hydrogens (primary N) is 1. The zero-order valence-electron chi connectivity index (χ0n) is 10.8. The van der Waals surface area contributed by atoms with Gasteiger partial charge in [0.15, 0.2) is 0 Å². The molecule has 2 aliphatic carbocycles. The molecule has 19 heavy (non-hydrogen) atoms. The van der Waals surface area contributed by atoms with Gasteiger partial charge in [0.1, 0.15) is 0 Å². The minimum Gasteiger partial charge on any atom is -0.397 e. The fourth-order valence-electron chi connectivity index (χ4n) is 3.28. The topological polar surface area (TPSA) is 55.1 Å². The maximum atomic E-state index is 12.2. The van der Waals surface area contributed by atoms with Gasteiger partial charge in [-0.05, 0) is 49.3 Å². The lowest BCUT2D eigenvalue weighted by Crippen LogP contribution is -2.17. The zero-order valence-corrected chi connectivity index (χ0v) is 13.2. The van der Waals surface area contributed by atoms with Gasteiger partial charge in [-0.2, -0.15) is 0 Å². The number of nitrogens with one attached hydrogen (secondary N) is 1. The van der Waals surface area contributed by atoms with Crippen molar-refractivity contribution < 1.29 is 4.79 Å². The largest absolute Gasteiger partial charge is 0.397 e. The number of fused-ring (bicyclic) bond motifs is 1. The molecule has 5 heteroatoms. The van der Waals surface area contributed by atoms with Crippen molar-refractivity contribution in [1.82, 2.24) is 0 Å². The highest BCUT2D eigenvalue weighted by Gasteiger charge is 2.56. The molecule has 1 aromatic rings. The van der Waals surface area contributed by atoms with Gasteiger partial charge in [0.05, 0.1) is 11.4 Å². The van der Waals surface area contributed by atoms with Crippen LogP contribution < -0.4 is 11.1 Å². The molecule has 2 unspecified atom stereocenters. The molecule has 2 aliphatic rings. The van der Waals surface area contributed by atoms with Gasteiger partial charge in [-0.1, -0.05) is 22.4 Å². The van der Waals surface area contributed by atoms with E-state index in [1.807, 2.05) is 19.1 Å². The smallest absolute Gasteiger partial charge is 0.228 e. The molecule has 0 aromatic heterocycles. The van der Waals surface area contributed by atoms with Crippen LogP contribution in [-0.4, -0.2) is 5.91 Å². The molecule has 0 radical (unpaired) electrons. The van der Waals surface area contributed by atoms with E-state index < -0.39 is 0 Å². The summed E-state index contributed by atoms with van der Waals surface area (Å²) in [5.74, 6) is 1.66. The maximum absolute atomic E-state index is 12.2. The van der Waals surface area contributed by atoms with Gasteiger partial charge in [-0.25, -0.2) is 0 Å². The van der Waals surface area contributed by atoms with Crippen LogP contribution in [0, 0.1) is 24.7 Å². The fraction of sp³-hybridized carbons (Fsp3) is 0.500. The third-order valence-corrected chi connectivity index (χ3v) is 4.78. The van der Waals surface area contributed by atoms with Crippen molar-refractivity contribution in [3.63, 3.8) is 0 Å². The Balaban J connectivity index is 0.00000133. The van der Waals surface area contributed by atoms with Crippen molar-refractivity contribution in [3.8, 4) is 0 Å². The number of hydrogen-bond acceptors (Lipinski definition) is 2. The van der Waals surface area contributed by atoms with Crippen molar-refractivity contribution >= 4 is 45.6 Å². The second kappa shape index (κ2) is 5.33. The van der Waals surface area contributed by atoms with Gasteiger partial charge in [0.25, 0.3) is 0 Å². The minimum atomic E-state index is 0. The van der Waals surface area contributed by atoms with Crippen molar-refractivity contribution in [2.45, 2.75) is 26.2 Å². The van der Waals surface area contributed by atoms with E-state index in [0.29, 0.717) is 17.5 Å². The predicted molar refractivity (Wildman–Crippen MR) is 83.5 cm³/mol. The molecule has 3 N–H and O–H groups in total. The van der Waals surface area contributed by atoms with Crippen LogP contribution in [0.15, 0.2) is 16.6 Å². The Morgan fingerprint density at radius 2 is 2.00 bits per heavy atom. The Hall–Kier alpha value is -0.740. The Kier molecular flexibility index (Phi) is 4.11. The number of carbonyl (C=O) groups excluding carboxylic acids is 1. The molecule has 0 bridgehead atoms. The Bertz CT molecular complexity index is 510. The van der Waals surface area contributed by atoms with Crippen LogP contribution >= 0.6 is 28.3 Å². The molecule has 0 aliphatic heterocycles. The molecule has 104 valence electrons. The summed E-state index contributed by atoms with van der Waals surface area (Å²) in [7, 11) is 0. The molecular formula is C14H18BrClN2O. The third kappa shape index (κ3) is 2.61. The summed E-state index contributed by atoms with van der Waals surface area (Å²) in [6.07, 6.45) is 3.72. The number of benzene rings is 1. The molecule has 0 spiro atoms. The first-order valence-corrected chi connectivity index (χ1v) is 7.23. The molecule has 2 atom stereocenters. The first-order valence-electron chi connectivity index (χ1n) is 6.44. The number of aryl methyl sites for hydroxylation is 1. The van der Waals surface area contributed by atoms with Crippen LogP contribution in [0.5, 0.6) is 0 Å². The van der Waals surface area contributed by atoms with Gasteiger partial charge in [0.2, 0.25) is 5.91 Å². The minimum absolute atomic E-state index is 0. The summed E-state index contributed by atoms with van der Waals surface area (Å²) in [5, 5.41) is 2.99. The highest BCUT2D eigenvalue weighted by Crippen LogP contribution is 2.57. The first kappa shape index (κ1) is 14.7. The van der Waals surface area contributed by atoms with Gasteiger partial charge in [-0.15, -0.1) is 12.4 Å². The fourth-order valence-corrected chi connectivity index (χ4v) is 3.86. The number of rotatable bonds is 2. The number of nitrogen functional groups attached to an aromatic ring is 1. The SMILES string of the molecule is Cc1cc(Br)cc(NC(=O)C2C3CCCC32)c1N.Cl. The molecule has 2 saturated carbocycles. The van der Waals surface area contributed by atoms with Gasteiger partial charge in [0, 0.05) is 10.4 Å². The zero-order chi connectivity index (χ0) is 12.9. The molecular weight excluding hydrogens is 328 g/mol. The van der Waals surface area contributed by atoms with Crippen LogP contribution in [0.4, 0.5) is 11.4 Å². The van der Waals surface area contributed by atoms with Crippen LogP contribution in [0.25, 0.3) is 0 Å². The van der Waals surface area contributed by atoms with E-state index in [4.69, 9.17) is 5.73 Å². The Labute approximate surface area is 127 Å². The molecule has 0 saturated heterocycles. The molecule has 1 amide bonds. The summed E-state index contributed by atoms with van der Waals surface area (Å²) in [5.41, 5.74) is 8.38. The Morgan fingerprint density at radius 3 is 2.63 bits per heavy atom. The van der Waals surface area contributed by atoms with Crippen LogP contribution in [-0.2, 0) is 4.79 Å². The van der Waals surface area contributed by atoms with Gasteiger partial charge >= 0.3 is 0 Å². The van der Waals surface area contributed by atoms with E-state index in [0.717, 1.165) is 15.7 Å². The monoisotopic (exact) mass is 344 g/mol. The van der Waals surface area contributed by atoms with Crippen molar-refractivity contribution in [1.29, 1.82) is 0 Å².